The first kappa shape index (κ1) is 29.0. The van der Waals surface area contributed by atoms with Gasteiger partial charge in [0, 0.05) is 52.8 Å². The largest absolute Gasteiger partial charge is 0.573 e. The number of piperazine rings is 1. The summed E-state index contributed by atoms with van der Waals surface area (Å²) in [4.78, 5) is 30.8. The van der Waals surface area contributed by atoms with Crippen LogP contribution in [0.25, 0.3) is 28.2 Å². The van der Waals surface area contributed by atoms with Crippen LogP contribution in [0, 0.1) is 5.92 Å². The van der Waals surface area contributed by atoms with Crippen molar-refractivity contribution in [3.05, 3.63) is 58.7 Å². The molecule has 10 heteroatoms. The number of carbonyl (C=O) groups excluding carboxylic acids is 1. The number of aromatic carboxylic acids is 1. The number of hydrogen-bond donors (Lipinski definition) is 1. The fraction of sp³-hybridized carbons (Fsp3) is 0.471. The van der Waals surface area contributed by atoms with Crippen LogP contribution in [-0.2, 0) is 11.3 Å². The SMILES string of the molecule is C[C@@H]1CC2CN(C)CC1N2C(=O)C1=Cc2c(OC(F)(F)F)cccc2-c2c(C3CCCCC3)c3ccc(C(=O)O)cc3n2C1. The van der Waals surface area contributed by atoms with Crippen molar-refractivity contribution in [1.82, 2.24) is 14.4 Å². The second-order valence-corrected chi connectivity index (χ2v) is 13.0. The van der Waals surface area contributed by atoms with Crippen LogP contribution in [0.1, 0.15) is 72.9 Å². The van der Waals surface area contributed by atoms with E-state index in [2.05, 4.69) is 16.6 Å². The van der Waals surface area contributed by atoms with E-state index in [0.29, 0.717) is 22.6 Å². The predicted octanol–water partition coefficient (Wildman–Crippen LogP) is 6.90. The van der Waals surface area contributed by atoms with Gasteiger partial charge in [-0.3, -0.25) is 4.79 Å². The molecule has 4 heterocycles. The third-order valence-corrected chi connectivity index (χ3v) is 10.1. The number of carboxylic acid groups (broad SMARTS) is 1. The molecule has 1 amide bonds. The minimum Gasteiger partial charge on any atom is -0.478 e. The Hall–Kier alpha value is -3.79. The van der Waals surface area contributed by atoms with Gasteiger partial charge in [0.15, 0.2) is 0 Å². The van der Waals surface area contributed by atoms with E-state index in [4.69, 9.17) is 0 Å². The summed E-state index contributed by atoms with van der Waals surface area (Å²) in [5.74, 6) is -1.14. The molecule has 2 unspecified atom stereocenters. The van der Waals surface area contributed by atoms with Gasteiger partial charge in [-0.1, -0.05) is 44.4 Å². The highest BCUT2D eigenvalue weighted by atomic mass is 19.4. The second kappa shape index (κ2) is 10.7. The molecule has 0 spiro atoms. The summed E-state index contributed by atoms with van der Waals surface area (Å²) in [7, 11) is 2.05. The summed E-state index contributed by atoms with van der Waals surface area (Å²) in [5, 5.41) is 10.8. The number of aromatic nitrogens is 1. The first-order chi connectivity index (χ1) is 21.0. The van der Waals surface area contributed by atoms with Gasteiger partial charge in [0.25, 0.3) is 5.91 Å². The zero-order chi connectivity index (χ0) is 30.9. The van der Waals surface area contributed by atoms with E-state index < -0.39 is 12.3 Å². The van der Waals surface area contributed by atoms with Crippen LogP contribution < -0.4 is 4.74 Å². The molecule has 0 radical (unpaired) electrons. The van der Waals surface area contributed by atoms with E-state index in [1.54, 1.807) is 30.3 Å². The molecule has 3 aliphatic heterocycles. The number of nitrogens with zero attached hydrogens (tertiary/aromatic N) is 3. The fourth-order valence-corrected chi connectivity index (χ4v) is 8.31. The maximum absolute atomic E-state index is 14.5. The Morgan fingerprint density at radius 2 is 1.82 bits per heavy atom. The van der Waals surface area contributed by atoms with Gasteiger partial charge in [-0.15, -0.1) is 13.2 Å². The number of likely N-dealkylation sites (tertiary alicyclic amines) is 1. The minimum atomic E-state index is -4.92. The molecule has 2 saturated heterocycles. The van der Waals surface area contributed by atoms with Gasteiger partial charge in [0.05, 0.1) is 17.8 Å². The van der Waals surface area contributed by atoms with E-state index in [0.717, 1.165) is 68.3 Å². The summed E-state index contributed by atoms with van der Waals surface area (Å²) in [6.45, 7) is 3.74. The quantitative estimate of drug-likeness (QED) is 0.349. The van der Waals surface area contributed by atoms with Gasteiger partial charge in [0.1, 0.15) is 5.75 Å². The molecule has 4 aliphatic rings. The molecule has 3 aromatic rings. The van der Waals surface area contributed by atoms with Crippen molar-refractivity contribution in [1.29, 1.82) is 0 Å². The van der Waals surface area contributed by atoms with E-state index in [1.165, 1.54) is 6.07 Å². The molecule has 7 rings (SSSR count). The molecule has 232 valence electrons. The molecular weight excluding hydrogens is 571 g/mol. The van der Waals surface area contributed by atoms with E-state index >= 15 is 0 Å². The highest BCUT2D eigenvalue weighted by molar-refractivity contribution is 6.04. The van der Waals surface area contributed by atoms with E-state index in [1.807, 2.05) is 22.6 Å². The molecule has 1 aliphatic carbocycles. The maximum atomic E-state index is 14.5. The van der Waals surface area contributed by atoms with Gasteiger partial charge in [-0.2, -0.15) is 0 Å². The Morgan fingerprint density at radius 3 is 2.52 bits per heavy atom. The number of likely N-dealkylation sites (N-methyl/N-ethyl adjacent to an activating group) is 1. The smallest absolute Gasteiger partial charge is 0.478 e. The van der Waals surface area contributed by atoms with Crippen molar-refractivity contribution in [2.24, 2.45) is 5.92 Å². The van der Waals surface area contributed by atoms with Crippen molar-refractivity contribution in [3.8, 4) is 17.0 Å². The monoisotopic (exact) mass is 607 g/mol. The van der Waals surface area contributed by atoms with Crippen LogP contribution in [0.3, 0.4) is 0 Å². The zero-order valence-electron chi connectivity index (χ0n) is 24.9. The number of fused-ring (bicyclic) bond motifs is 7. The minimum absolute atomic E-state index is 0.00818. The Labute approximate surface area is 253 Å². The van der Waals surface area contributed by atoms with Crippen molar-refractivity contribution < 1.29 is 32.6 Å². The van der Waals surface area contributed by atoms with Gasteiger partial charge >= 0.3 is 12.3 Å². The van der Waals surface area contributed by atoms with Crippen LogP contribution in [0.2, 0.25) is 0 Å². The van der Waals surface area contributed by atoms with Gasteiger partial charge in [-0.05, 0) is 68.0 Å². The van der Waals surface area contributed by atoms with Crippen molar-refractivity contribution in [2.45, 2.75) is 76.4 Å². The van der Waals surface area contributed by atoms with Gasteiger partial charge < -0.3 is 24.2 Å². The molecule has 2 bridgehead atoms. The number of hydrogen-bond acceptors (Lipinski definition) is 4. The van der Waals surface area contributed by atoms with Crippen LogP contribution in [0.4, 0.5) is 13.2 Å². The molecule has 3 atom stereocenters. The lowest BCUT2D eigenvalue weighted by Crippen LogP contribution is -2.55. The molecule has 1 saturated carbocycles. The molecule has 7 nitrogen and oxygen atoms in total. The van der Waals surface area contributed by atoms with Gasteiger partial charge in [0.2, 0.25) is 0 Å². The van der Waals surface area contributed by atoms with Crippen LogP contribution in [-0.4, -0.2) is 69.9 Å². The third-order valence-electron chi connectivity index (χ3n) is 10.1. The van der Waals surface area contributed by atoms with E-state index in [-0.39, 0.29) is 47.3 Å². The third kappa shape index (κ3) is 4.87. The van der Waals surface area contributed by atoms with Crippen molar-refractivity contribution in [2.75, 3.05) is 20.1 Å². The van der Waals surface area contributed by atoms with Crippen molar-refractivity contribution >= 4 is 28.9 Å². The summed E-state index contributed by atoms with van der Waals surface area (Å²) in [6.07, 6.45) is 2.62. The Morgan fingerprint density at radius 1 is 1.05 bits per heavy atom. The molecule has 1 N–H and O–H groups in total. The first-order valence-electron chi connectivity index (χ1n) is 15.5. The van der Waals surface area contributed by atoms with Crippen molar-refractivity contribution in [3.63, 3.8) is 0 Å². The lowest BCUT2D eigenvalue weighted by Gasteiger charge is -2.40. The second-order valence-electron chi connectivity index (χ2n) is 13.0. The summed E-state index contributed by atoms with van der Waals surface area (Å²) in [6, 6.07) is 9.72. The number of amides is 1. The number of halogens is 3. The van der Waals surface area contributed by atoms with Crippen LogP contribution in [0.5, 0.6) is 5.75 Å². The Bertz CT molecular complexity index is 1680. The van der Waals surface area contributed by atoms with Gasteiger partial charge in [-0.25, -0.2) is 4.79 Å². The number of ether oxygens (including phenoxy) is 1. The topological polar surface area (TPSA) is 75.0 Å². The summed E-state index contributed by atoms with van der Waals surface area (Å²) in [5.41, 5.74) is 3.68. The maximum Gasteiger partial charge on any atom is 0.573 e. The standard InChI is InChI=1S/C34H36F3N3O4/c1-19-13-23-17-38(2)18-28(19)40(23)32(41)22-14-26-24(9-6-10-29(26)44-34(35,36)37)31-30(20-7-4-3-5-8-20)25-12-11-21(33(42)43)15-27(25)39(31)16-22/h6,9-12,14-15,19-20,23,28H,3-5,7-8,13,16-18H2,1-2H3,(H,42,43)/t19-,23?,28?/m1/s1. The first-order valence-corrected chi connectivity index (χ1v) is 15.5. The average Bonchev–Trinajstić information content (AvgIpc) is 3.31. The summed E-state index contributed by atoms with van der Waals surface area (Å²) >= 11 is 0. The normalized spacial score (nSPS) is 24.1. The number of benzene rings is 2. The Kier molecular flexibility index (Phi) is 7.03. The number of carboxylic acids is 1. The number of carbonyl (C=O) groups is 2. The number of alkyl halides is 3. The molecular formula is C34H36F3N3O4. The highest BCUT2D eigenvalue weighted by Crippen LogP contribution is 2.49. The molecule has 1 aromatic heterocycles. The molecule has 2 aromatic carbocycles. The zero-order valence-corrected chi connectivity index (χ0v) is 24.9. The van der Waals surface area contributed by atoms with Crippen LogP contribution >= 0.6 is 0 Å². The molecule has 44 heavy (non-hydrogen) atoms. The summed E-state index contributed by atoms with van der Waals surface area (Å²) < 4.78 is 47.7. The number of rotatable bonds is 4. The predicted molar refractivity (Wildman–Crippen MR) is 161 cm³/mol. The molecule has 3 fully saturated rings. The Balaban J connectivity index is 1.47. The fourth-order valence-electron chi connectivity index (χ4n) is 8.31. The van der Waals surface area contributed by atoms with Crippen LogP contribution in [0.15, 0.2) is 42.0 Å². The lowest BCUT2D eigenvalue weighted by atomic mass is 9.81. The highest BCUT2D eigenvalue weighted by Gasteiger charge is 2.47. The lowest BCUT2D eigenvalue weighted by molar-refractivity contribution is -0.274. The average molecular weight is 608 g/mol. The van der Waals surface area contributed by atoms with E-state index in [9.17, 15) is 27.9 Å².